The van der Waals surface area contributed by atoms with E-state index in [9.17, 15) is 0 Å². The van der Waals surface area contributed by atoms with Gasteiger partial charge in [-0.2, -0.15) is 0 Å². The van der Waals surface area contributed by atoms with E-state index in [4.69, 9.17) is 14.2 Å². The van der Waals surface area contributed by atoms with Gasteiger partial charge in [-0.15, -0.1) is 0 Å². The SMILES string of the molecule is COc1cc(C[NH2+]C[C@H]2CCCO2)cc(Br)c1OCc1cccnc1. The maximum absolute atomic E-state index is 5.94. The second-order valence-corrected chi connectivity index (χ2v) is 6.98. The van der Waals surface area contributed by atoms with E-state index < -0.39 is 0 Å². The second-order valence-electron chi connectivity index (χ2n) is 6.12. The summed E-state index contributed by atoms with van der Waals surface area (Å²) in [7, 11) is 1.67. The van der Waals surface area contributed by atoms with Crippen LogP contribution < -0.4 is 14.8 Å². The summed E-state index contributed by atoms with van der Waals surface area (Å²) in [6.45, 7) is 3.24. The van der Waals surface area contributed by atoms with Crippen molar-refractivity contribution in [3.63, 3.8) is 0 Å². The molecular weight excluding hydrogens is 384 g/mol. The van der Waals surface area contributed by atoms with Crippen molar-refractivity contribution in [2.45, 2.75) is 32.1 Å². The number of hydrogen-bond acceptors (Lipinski definition) is 4. The van der Waals surface area contributed by atoms with Crippen LogP contribution in [0.25, 0.3) is 0 Å². The first-order valence-corrected chi connectivity index (χ1v) is 9.37. The van der Waals surface area contributed by atoms with Crippen LogP contribution >= 0.6 is 15.9 Å². The van der Waals surface area contributed by atoms with E-state index in [0.717, 1.165) is 35.5 Å². The molecule has 0 saturated carbocycles. The maximum Gasteiger partial charge on any atom is 0.175 e. The fourth-order valence-electron chi connectivity index (χ4n) is 2.94. The van der Waals surface area contributed by atoms with Crippen LogP contribution in [0.4, 0.5) is 0 Å². The fraction of sp³-hybridized carbons (Fsp3) is 0.421. The molecule has 1 aliphatic heterocycles. The van der Waals surface area contributed by atoms with Gasteiger partial charge in [-0.25, -0.2) is 0 Å². The largest absolute Gasteiger partial charge is 0.493 e. The molecule has 1 aromatic heterocycles. The highest BCUT2D eigenvalue weighted by molar-refractivity contribution is 9.10. The number of quaternary nitrogens is 1. The third-order valence-electron chi connectivity index (χ3n) is 4.23. The fourth-order valence-corrected chi connectivity index (χ4v) is 3.54. The van der Waals surface area contributed by atoms with Gasteiger partial charge in [0.15, 0.2) is 11.5 Å². The van der Waals surface area contributed by atoms with E-state index in [1.54, 1.807) is 19.5 Å². The van der Waals surface area contributed by atoms with Crippen molar-refractivity contribution >= 4 is 15.9 Å². The summed E-state index contributed by atoms with van der Waals surface area (Å²) in [5.74, 6) is 1.45. The zero-order chi connectivity index (χ0) is 17.5. The Bertz CT molecular complexity index is 676. The lowest BCUT2D eigenvalue weighted by atomic mass is 10.2. The van der Waals surface area contributed by atoms with Gasteiger partial charge < -0.3 is 19.5 Å². The summed E-state index contributed by atoms with van der Waals surface area (Å²) >= 11 is 3.61. The van der Waals surface area contributed by atoms with E-state index in [-0.39, 0.29) is 0 Å². The number of ether oxygens (including phenoxy) is 3. The van der Waals surface area contributed by atoms with Gasteiger partial charge in [0.2, 0.25) is 0 Å². The number of nitrogens with zero attached hydrogens (tertiary/aromatic N) is 1. The molecule has 0 aliphatic carbocycles. The van der Waals surface area contributed by atoms with Crippen LogP contribution in [-0.4, -0.2) is 31.3 Å². The summed E-state index contributed by atoms with van der Waals surface area (Å²) in [5, 5.41) is 2.29. The molecule has 25 heavy (non-hydrogen) atoms. The van der Waals surface area contributed by atoms with E-state index >= 15 is 0 Å². The lowest BCUT2D eigenvalue weighted by Crippen LogP contribution is -2.84. The van der Waals surface area contributed by atoms with E-state index in [0.29, 0.717) is 18.5 Å². The Kier molecular flexibility index (Phi) is 6.67. The number of aromatic nitrogens is 1. The van der Waals surface area contributed by atoms with Crippen molar-refractivity contribution in [3.05, 3.63) is 52.3 Å². The summed E-state index contributed by atoms with van der Waals surface area (Å²) in [4.78, 5) is 4.11. The number of nitrogens with two attached hydrogens (primary N) is 1. The number of rotatable bonds is 8. The molecule has 1 atom stereocenters. The Labute approximate surface area is 156 Å². The highest BCUT2D eigenvalue weighted by Crippen LogP contribution is 2.37. The van der Waals surface area contributed by atoms with Crippen LogP contribution in [0.5, 0.6) is 11.5 Å². The van der Waals surface area contributed by atoms with Crippen molar-refractivity contribution in [2.75, 3.05) is 20.3 Å². The molecule has 6 heteroatoms. The molecule has 0 spiro atoms. The smallest absolute Gasteiger partial charge is 0.175 e. The Balaban J connectivity index is 1.61. The molecule has 2 aromatic rings. The van der Waals surface area contributed by atoms with Crippen molar-refractivity contribution < 1.29 is 19.5 Å². The maximum atomic E-state index is 5.94. The number of halogens is 1. The lowest BCUT2D eigenvalue weighted by Gasteiger charge is -2.14. The van der Waals surface area contributed by atoms with Crippen LogP contribution in [0.1, 0.15) is 24.0 Å². The molecule has 0 radical (unpaired) electrons. The average Bonchev–Trinajstić information content (AvgIpc) is 3.15. The van der Waals surface area contributed by atoms with Gasteiger partial charge in [-0.1, -0.05) is 6.07 Å². The molecule has 3 rings (SSSR count). The third-order valence-corrected chi connectivity index (χ3v) is 4.82. The normalized spacial score (nSPS) is 16.8. The molecule has 1 aliphatic rings. The van der Waals surface area contributed by atoms with Crippen molar-refractivity contribution in [1.29, 1.82) is 0 Å². The van der Waals surface area contributed by atoms with E-state index in [1.807, 2.05) is 18.2 Å². The molecule has 1 aromatic carbocycles. The van der Waals surface area contributed by atoms with Crippen LogP contribution in [0.15, 0.2) is 41.1 Å². The molecule has 0 amide bonds. The average molecular weight is 408 g/mol. The summed E-state index contributed by atoms with van der Waals surface area (Å²) in [6.07, 6.45) is 6.30. The zero-order valence-corrected chi connectivity index (χ0v) is 16.0. The van der Waals surface area contributed by atoms with Gasteiger partial charge in [0.1, 0.15) is 25.8 Å². The minimum atomic E-state index is 0.396. The number of pyridine rings is 1. The molecular formula is C19H24BrN2O3+. The quantitative estimate of drug-likeness (QED) is 0.730. The van der Waals surface area contributed by atoms with Gasteiger partial charge in [-0.05, 0) is 47.0 Å². The summed E-state index contributed by atoms with van der Waals surface area (Å²) in [6, 6.07) is 8.02. The molecule has 1 fully saturated rings. The second kappa shape index (κ2) is 9.17. The standard InChI is InChI=1S/C19H23BrN2O3/c1-23-18-9-15(11-22-12-16-5-3-7-24-16)8-17(20)19(18)25-13-14-4-2-6-21-10-14/h2,4,6,8-10,16,22H,3,5,7,11-13H2,1H3/p+1/t16-/m1/s1. The minimum absolute atomic E-state index is 0.396. The highest BCUT2D eigenvalue weighted by atomic mass is 79.9. The third kappa shape index (κ3) is 5.17. The van der Waals surface area contributed by atoms with Gasteiger partial charge in [-0.3, -0.25) is 4.98 Å². The summed E-state index contributed by atoms with van der Waals surface area (Å²) in [5.41, 5.74) is 2.21. The molecule has 0 unspecified atom stereocenters. The molecule has 2 N–H and O–H groups in total. The zero-order valence-electron chi connectivity index (χ0n) is 14.4. The molecule has 134 valence electrons. The molecule has 0 bridgehead atoms. The predicted molar refractivity (Wildman–Crippen MR) is 98.7 cm³/mol. The van der Waals surface area contributed by atoms with E-state index in [1.165, 1.54) is 18.4 Å². The first kappa shape index (κ1) is 18.2. The lowest BCUT2D eigenvalue weighted by molar-refractivity contribution is -0.676. The first-order chi connectivity index (χ1) is 12.3. The molecule has 5 nitrogen and oxygen atoms in total. The van der Waals surface area contributed by atoms with E-state index in [2.05, 4.69) is 32.3 Å². The Morgan fingerprint density at radius 1 is 1.36 bits per heavy atom. The van der Waals surface area contributed by atoms with Crippen molar-refractivity contribution in [3.8, 4) is 11.5 Å². The van der Waals surface area contributed by atoms with Crippen LogP contribution in [-0.2, 0) is 17.9 Å². The number of methoxy groups -OCH3 is 1. The van der Waals surface area contributed by atoms with Crippen molar-refractivity contribution in [2.24, 2.45) is 0 Å². The number of hydrogen-bond donors (Lipinski definition) is 1. The number of benzene rings is 1. The topological polar surface area (TPSA) is 57.2 Å². The van der Waals surface area contributed by atoms with Crippen LogP contribution in [0.3, 0.4) is 0 Å². The highest BCUT2D eigenvalue weighted by Gasteiger charge is 2.17. The minimum Gasteiger partial charge on any atom is -0.493 e. The monoisotopic (exact) mass is 407 g/mol. The Hall–Kier alpha value is -1.63. The Morgan fingerprint density at radius 3 is 3.00 bits per heavy atom. The Morgan fingerprint density at radius 2 is 2.28 bits per heavy atom. The van der Waals surface area contributed by atoms with Crippen molar-refractivity contribution in [1.82, 2.24) is 4.98 Å². The van der Waals surface area contributed by atoms with Gasteiger partial charge in [0.05, 0.1) is 11.6 Å². The summed E-state index contributed by atoms with van der Waals surface area (Å²) < 4.78 is 18.0. The predicted octanol–water partition coefficient (Wildman–Crippen LogP) is 2.67. The van der Waals surface area contributed by atoms with Gasteiger partial charge in [0.25, 0.3) is 0 Å². The molecule has 2 heterocycles. The van der Waals surface area contributed by atoms with Crippen LogP contribution in [0, 0.1) is 0 Å². The van der Waals surface area contributed by atoms with Gasteiger partial charge >= 0.3 is 0 Å². The van der Waals surface area contributed by atoms with Crippen LogP contribution in [0.2, 0.25) is 0 Å². The molecule has 1 saturated heterocycles. The first-order valence-electron chi connectivity index (χ1n) is 8.57. The van der Waals surface area contributed by atoms with Gasteiger partial charge in [0, 0.05) is 30.1 Å².